The molecule has 0 N–H and O–H groups in total. The summed E-state index contributed by atoms with van der Waals surface area (Å²) < 4.78 is 43.5. The summed E-state index contributed by atoms with van der Waals surface area (Å²) >= 11 is 0. The third-order valence-electron chi connectivity index (χ3n) is 2.21. The molecule has 0 aliphatic carbocycles. The van der Waals surface area contributed by atoms with E-state index in [4.69, 9.17) is 4.74 Å². The number of hydrogen-bond acceptors (Lipinski definition) is 1. The summed E-state index contributed by atoms with van der Waals surface area (Å²) in [5.41, 5.74) is -1.46. The first kappa shape index (κ1) is 13.6. The molecule has 94 valence electrons. The molecule has 0 saturated carbocycles. The molecule has 0 aliphatic heterocycles. The van der Waals surface area contributed by atoms with Gasteiger partial charge in [0, 0.05) is 6.42 Å². The van der Waals surface area contributed by atoms with E-state index >= 15 is 0 Å². The van der Waals surface area contributed by atoms with Crippen molar-refractivity contribution < 1.29 is 17.9 Å². The Hall–Kier alpha value is -1.45. The van der Waals surface area contributed by atoms with Crippen LogP contribution in [0.15, 0.2) is 36.9 Å². The molecule has 0 bridgehead atoms. The van der Waals surface area contributed by atoms with Gasteiger partial charge in [0.15, 0.2) is 0 Å². The van der Waals surface area contributed by atoms with Gasteiger partial charge in [-0.15, -0.1) is 6.58 Å². The minimum absolute atomic E-state index is 0.146. The molecule has 1 nitrogen and oxygen atoms in total. The minimum atomic E-state index is -4.40. The maximum atomic E-state index is 12.7. The van der Waals surface area contributed by atoms with Crippen LogP contribution >= 0.6 is 0 Å². The Balaban J connectivity index is 3.03. The molecule has 1 aromatic carbocycles. The highest BCUT2D eigenvalue weighted by Gasteiger charge is 2.35. The van der Waals surface area contributed by atoms with Gasteiger partial charge in [-0.25, -0.2) is 0 Å². The van der Waals surface area contributed by atoms with Crippen molar-refractivity contribution in [2.45, 2.75) is 32.0 Å². The normalized spacial score (nSPS) is 12.3. The van der Waals surface area contributed by atoms with Gasteiger partial charge in [0.05, 0.1) is 5.56 Å². The van der Waals surface area contributed by atoms with Gasteiger partial charge in [0.2, 0.25) is 0 Å². The predicted molar refractivity (Wildman–Crippen MR) is 61.0 cm³/mol. The fraction of sp³-hybridized carbons (Fsp3) is 0.385. The number of alkyl halides is 3. The number of ether oxygens (including phenoxy) is 1. The van der Waals surface area contributed by atoms with E-state index < -0.39 is 17.3 Å². The summed E-state index contributed by atoms with van der Waals surface area (Å²) in [6.45, 7) is 7.00. The summed E-state index contributed by atoms with van der Waals surface area (Å²) in [7, 11) is 0. The van der Waals surface area contributed by atoms with Gasteiger partial charge >= 0.3 is 6.18 Å². The molecule has 0 unspecified atom stereocenters. The molecular formula is C13H15F3O. The van der Waals surface area contributed by atoms with Gasteiger partial charge in [-0.3, -0.25) is 0 Å². The van der Waals surface area contributed by atoms with Crippen LogP contribution in [0.5, 0.6) is 5.75 Å². The van der Waals surface area contributed by atoms with E-state index in [0.29, 0.717) is 6.42 Å². The van der Waals surface area contributed by atoms with Crippen molar-refractivity contribution in [1.82, 2.24) is 0 Å². The first-order valence-electron chi connectivity index (χ1n) is 5.22. The van der Waals surface area contributed by atoms with Crippen LogP contribution in [0.3, 0.4) is 0 Å². The molecule has 17 heavy (non-hydrogen) atoms. The maximum Gasteiger partial charge on any atom is 0.419 e. The van der Waals surface area contributed by atoms with Crippen LogP contribution in [0.1, 0.15) is 25.8 Å². The Morgan fingerprint density at radius 1 is 1.24 bits per heavy atom. The van der Waals surface area contributed by atoms with Crippen molar-refractivity contribution >= 4 is 0 Å². The second-order valence-corrected chi connectivity index (χ2v) is 4.35. The maximum absolute atomic E-state index is 12.7. The topological polar surface area (TPSA) is 9.23 Å². The van der Waals surface area contributed by atoms with Gasteiger partial charge in [-0.1, -0.05) is 18.2 Å². The van der Waals surface area contributed by atoms with E-state index in [1.165, 1.54) is 18.2 Å². The second-order valence-electron chi connectivity index (χ2n) is 4.35. The fourth-order valence-electron chi connectivity index (χ4n) is 1.48. The van der Waals surface area contributed by atoms with Crippen molar-refractivity contribution in [2.24, 2.45) is 0 Å². The molecule has 1 aromatic rings. The van der Waals surface area contributed by atoms with Gasteiger partial charge in [-0.05, 0) is 26.0 Å². The number of benzene rings is 1. The quantitative estimate of drug-likeness (QED) is 0.711. The van der Waals surface area contributed by atoms with Crippen LogP contribution in [0.4, 0.5) is 13.2 Å². The Morgan fingerprint density at radius 2 is 1.82 bits per heavy atom. The molecule has 0 aliphatic rings. The zero-order chi connectivity index (χ0) is 13.1. The lowest BCUT2D eigenvalue weighted by molar-refractivity contribution is -0.139. The highest BCUT2D eigenvalue weighted by molar-refractivity contribution is 5.36. The Bertz CT molecular complexity index is 394. The summed E-state index contributed by atoms with van der Waals surface area (Å²) in [6.07, 6.45) is -2.31. The van der Waals surface area contributed by atoms with E-state index in [1.54, 1.807) is 19.9 Å². The third kappa shape index (κ3) is 3.80. The van der Waals surface area contributed by atoms with Crippen LogP contribution in [-0.4, -0.2) is 5.60 Å². The molecule has 4 heteroatoms. The lowest BCUT2D eigenvalue weighted by atomic mass is 10.0. The van der Waals surface area contributed by atoms with Crippen LogP contribution in [0, 0.1) is 0 Å². The number of para-hydroxylation sites is 1. The molecule has 0 atom stereocenters. The summed E-state index contributed by atoms with van der Waals surface area (Å²) in [5.74, 6) is -0.146. The van der Waals surface area contributed by atoms with Crippen LogP contribution in [-0.2, 0) is 6.18 Å². The first-order chi connectivity index (χ1) is 7.76. The standard InChI is InChI=1S/C13H15F3O/c1-4-9-12(2,3)17-11-8-6-5-7-10(11)13(14,15)16/h4-8H,1,9H2,2-3H3. The second kappa shape index (κ2) is 4.82. The smallest absolute Gasteiger partial charge is 0.419 e. The fourth-order valence-corrected chi connectivity index (χ4v) is 1.48. The van der Waals surface area contributed by atoms with E-state index in [-0.39, 0.29) is 5.75 Å². The minimum Gasteiger partial charge on any atom is -0.487 e. The lowest BCUT2D eigenvalue weighted by Crippen LogP contribution is -2.28. The lowest BCUT2D eigenvalue weighted by Gasteiger charge is -2.27. The average Bonchev–Trinajstić information content (AvgIpc) is 2.15. The van der Waals surface area contributed by atoms with Crippen LogP contribution in [0.25, 0.3) is 0 Å². The van der Waals surface area contributed by atoms with Crippen molar-refractivity contribution in [2.75, 3.05) is 0 Å². The Morgan fingerprint density at radius 3 is 2.35 bits per heavy atom. The van der Waals surface area contributed by atoms with E-state index in [0.717, 1.165) is 6.07 Å². The molecule has 1 rings (SSSR count). The van der Waals surface area contributed by atoms with Crippen molar-refractivity contribution in [3.63, 3.8) is 0 Å². The molecule has 0 spiro atoms. The van der Waals surface area contributed by atoms with Crippen LogP contribution < -0.4 is 4.74 Å². The molecular weight excluding hydrogens is 229 g/mol. The third-order valence-corrected chi connectivity index (χ3v) is 2.21. The molecule has 0 fully saturated rings. The highest BCUT2D eigenvalue weighted by atomic mass is 19.4. The highest BCUT2D eigenvalue weighted by Crippen LogP contribution is 2.37. The number of hydrogen-bond donors (Lipinski definition) is 0. The van der Waals surface area contributed by atoms with Crippen molar-refractivity contribution in [3.8, 4) is 5.75 Å². The number of halogens is 3. The first-order valence-corrected chi connectivity index (χ1v) is 5.22. The largest absolute Gasteiger partial charge is 0.487 e. The van der Waals surface area contributed by atoms with Crippen molar-refractivity contribution in [3.05, 3.63) is 42.5 Å². The molecule has 0 amide bonds. The van der Waals surface area contributed by atoms with Crippen molar-refractivity contribution in [1.29, 1.82) is 0 Å². The zero-order valence-electron chi connectivity index (χ0n) is 9.84. The molecule has 0 radical (unpaired) electrons. The Labute approximate surface area is 98.9 Å². The van der Waals surface area contributed by atoms with Gasteiger partial charge in [-0.2, -0.15) is 13.2 Å². The predicted octanol–water partition coefficient (Wildman–Crippen LogP) is 4.44. The Kier molecular flexibility index (Phi) is 3.86. The number of rotatable bonds is 4. The average molecular weight is 244 g/mol. The van der Waals surface area contributed by atoms with Gasteiger partial charge < -0.3 is 4.74 Å². The van der Waals surface area contributed by atoms with E-state index in [9.17, 15) is 13.2 Å². The monoisotopic (exact) mass is 244 g/mol. The molecule has 0 saturated heterocycles. The van der Waals surface area contributed by atoms with Gasteiger partial charge in [0.1, 0.15) is 11.4 Å². The van der Waals surface area contributed by atoms with Crippen LogP contribution in [0.2, 0.25) is 0 Å². The molecule has 0 heterocycles. The van der Waals surface area contributed by atoms with Gasteiger partial charge in [0.25, 0.3) is 0 Å². The molecule has 0 aromatic heterocycles. The summed E-state index contributed by atoms with van der Waals surface area (Å²) in [6, 6.07) is 5.21. The zero-order valence-corrected chi connectivity index (χ0v) is 9.84. The summed E-state index contributed by atoms with van der Waals surface area (Å²) in [5, 5.41) is 0. The SMILES string of the molecule is C=CCC(C)(C)Oc1ccccc1C(F)(F)F. The van der Waals surface area contributed by atoms with E-state index in [2.05, 4.69) is 6.58 Å². The van der Waals surface area contributed by atoms with E-state index in [1.807, 2.05) is 0 Å². The summed E-state index contributed by atoms with van der Waals surface area (Å²) in [4.78, 5) is 0.